The quantitative estimate of drug-likeness (QED) is 0.491. The lowest BCUT2D eigenvalue weighted by Crippen LogP contribution is -2.55. The van der Waals surface area contributed by atoms with Crippen LogP contribution in [0.1, 0.15) is 32.8 Å². The van der Waals surface area contributed by atoms with Gasteiger partial charge in [0.15, 0.2) is 0 Å². The van der Waals surface area contributed by atoms with Gasteiger partial charge in [0.05, 0.1) is 6.04 Å². The van der Waals surface area contributed by atoms with Gasteiger partial charge in [-0.05, 0) is 38.3 Å². The molecule has 9 heteroatoms. The number of amides is 2. The molecule has 0 bridgehead atoms. The van der Waals surface area contributed by atoms with E-state index in [2.05, 4.69) is 15.3 Å². The molecule has 146 valence electrons. The first-order valence-corrected chi connectivity index (χ1v) is 8.78. The third-order valence-corrected chi connectivity index (χ3v) is 3.95. The number of carbonyl (C=O) groups is 2. The Morgan fingerprint density at radius 2 is 2.04 bits per heavy atom. The first-order chi connectivity index (χ1) is 12.8. The van der Waals surface area contributed by atoms with Crippen molar-refractivity contribution in [2.24, 2.45) is 5.11 Å². The van der Waals surface area contributed by atoms with E-state index in [9.17, 15) is 9.59 Å². The van der Waals surface area contributed by atoms with Crippen molar-refractivity contribution >= 4 is 12.2 Å². The fourth-order valence-electron chi connectivity index (χ4n) is 2.69. The molecule has 0 radical (unpaired) electrons. The number of azide groups is 1. The lowest BCUT2D eigenvalue weighted by Gasteiger charge is -2.37. The molecule has 0 aromatic heterocycles. The van der Waals surface area contributed by atoms with Crippen LogP contribution in [0.4, 0.5) is 9.59 Å². The molecule has 1 aromatic carbocycles. The molecule has 2 rings (SSSR count). The number of piperidine rings is 1. The molecule has 2 atom stereocenters. The topological polar surface area (TPSA) is 117 Å². The van der Waals surface area contributed by atoms with Crippen molar-refractivity contribution in [1.29, 1.82) is 0 Å². The Morgan fingerprint density at radius 3 is 2.67 bits per heavy atom. The van der Waals surface area contributed by atoms with Gasteiger partial charge >= 0.3 is 12.2 Å². The summed E-state index contributed by atoms with van der Waals surface area (Å²) >= 11 is 0. The van der Waals surface area contributed by atoms with E-state index in [1.54, 1.807) is 20.8 Å². The molecule has 1 N–H and O–H groups in total. The molecule has 0 saturated carbocycles. The molecule has 1 aromatic rings. The summed E-state index contributed by atoms with van der Waals surface area (Å²) in [5.74, 6) is 0. The number of alkyl carbamates (subject to hydrolysis) is 1. The van der Waals surface area contributed by atoms with E-state index in [4.69, 9.17) is 15.0 Å². The Labute approximate surface area is 158 Å². The number of nitrogens with zero attached hydrogens (tertiary/aromatic N) is 4. The van der Waals surface area contributed by atoms with Gasteiger partial charge in [-0.15, -0.1) is 0 Å². The van der Waals surface area contributed by atoms with Crippen LogP contribution in [0, 0.1) is 0 Å². The molecule has 0 aliphatic carbocycles. The van der Waals surface area contributed by atoms with E-state index in [0.29, 0.717) is 13.0 Å². The van der Waals surface area contributed by atoms with Gasteiger partial charge in [0.1, 0.15) is 12.2 Å². The minimum absolute atomic E-state index is 0.148. The van der Waals surface area contributed by atoms with Crippen LogP contribution < -0.4 is 5.32 Å². The largest absolute Gasteiger partial charge is 0.445 e. The van der Waals surface area contributed by atoms with Gasteiger partial charge in [0, 0.05) is 24.0 Å². The van der Waals surface area contributed by atoms with Crippen LogP contribution in [-0.2, 0) is 16.1 Å². The number of nitrogens with one attached hydrogen (secondary N) is 1. The van der Waals surface area contributed by atoms with Crippen LogP contribution in [-0.4, -0.2) is 47.9 Å². The second-order valence-corrected chi connectivity index (χ2v) is 7.30. The fourth-order valence-corrected chi connectivity index (χ4v) is 2.69. The van der Waals surface area contributed by atoms with Crippen molar-refractivity contribution in [3.63, 3.8) is 0 Å². The SMILES string of the molecule is CC(C)(C)OC(=O)N1CC[C@@H](NC(=O)OCc2ccccc2)C(N=[N+]=[N-])C1. The van der Waals surface area contributed by atoms with Crippen LogP contribution in [0.3, 0.4) is 0 Å². The summed E-state index contributed by atoms with van der Waals surface area (Å²) < 4.78 is 10.6. The number of benzene rings is 1. The van der Waals surface area contributed by atoms with Crippen molar-refractivity contribution in [2.45, 2.75) is 51.5 Å². The van der Waals surface area contributed by atoms with E-state index in [-0.39, 0.29) is 13.2 Å². The highest BCUT2D eigenvalue weighted by molar-refractivity contribution is 5.69. The van der Waals surface area contributed by atoms with Crippen molar-refractivity contribution in [3.8, 4) is 0 Å². The van der Waals surface area contributed by atoms with E-state index >= 15 is 0 Å². The Hall–Kier alpha value is -2.93. The molecule has 1 aliphatic heterocycles. The molecule has 1 aliphatic rings. The zero-order valence-corrected chi connectivity index (χ0v) is 15.8. The summed E-state index contributed by atoms with van der Waals surface area (Å²) in [7, 11) is 0. The smallest absolute Gasteiger partial charge is 0.410 e. The van der Waals surface area contributed by atoms with E-state index in [1.165, 1.54) is 4.90 Å². The maximum absolute atomic E-state index is 12.2. The zero-order chi connectivity index (χ0) is 19.9. The minimum atomic E-state index is -0.610. The van der Waals surface area contributed by atoms with E-state index in [0.717, 1.165) is 5.56 Å². The lowest BCUT2D eigenvalue weighted by molar-refractivity contribution is 0.0178. The summed E-state index contributed by atoms with van der Waals surface area (Å²) in [4.78, 5) is 28.6. The van der Waals surface area contributed by atoms with Gasteiger partial charge < -0.3 is 19.7 Å². The van der Waals surface area contributed by atoms with Crippen LogP contribution in [0.2, 0.25) is 0 Å². The number of hydrogen-bond acceptors (Lipinski definition) is 5. The average Bonchev–Trinajstić information content (AvgIpc) is 2.61. The molecule has 9 nitrogen and oxygen atoms in total. The van der Waals surface area contributed by atoms with Gasteiger partial charge in [-0.1, -0.05) is 35.4 Å². The Morgan fingerprint density at radius 1 is 1.33 bits per heavy atom. The first kappa shape index (κ1) is 20.4. The molecular formula is C18H25N5O4. The zero-order valence-electron chi connectivity index (χ0n) is 15.8. The minimum Gasteiger partial charge on any atom is -0.445 e. The maximum Gasteiger partial charge on any atom is 0.410 e. The van der Waals surface area contributed by atoms with Gasteiger partial charge in [-0.2, -0.15) is 0 Å². The fraction of sp³-hybridized carbons (Fsp3) is 0.556. The Balaban J connectivity index is 1.90. The normalized spacial score (nSPS) is 19.6. The van der Waals surface area contributed by atoms with E-state index in [1.807, 2.05) is 30.3 Å². The predicted octanol–water partition coefficient (Wildman–Crippen LogP) is 3.60. The Bertz CT molecular complexity index is 697. The third kappa shape index (κ3) is 6.71. The van der Waals surface area contributed by atoms with Gasteiger partial charge in [-0.3, -0.25) is 0 Å². The predicted molar refractivity (Wildman–Crippen MR) is 98.9 cm³/mol. The third-order valence-electron chi connectivity index (χ3n) is 3.95. The lowest BCUT2D eigenvalue weighted by atomic mass is 10.0. The highest BCUT2D eigenvalue weighted by Gasteiger charge is 2.34. The summed E-state index contributed by atoms with van der Waals surface area (Å²) in [5.41, 5.74) is 9.08. The van der Waals surface area contributed by atoms with Crippen LogP contribution in [0.15, 0.2) is 35.4 Å². The summed E-state index contributed by atoms with van der Waals surface area (Å²) in [6.07, 6.45) is -0.623. The number of hydrogen-bond donors (Lipinski definition) is 1. The molecule has 27 heavy (non-hydrogen) atoms. The van der Waals surface area contributed by atoms with Crippen LogP contribution >= 0.6 is 0 Å². The second-order valence-electron chi connectivity index (χ2n) is 7.30. The molecule has 0 spiro atoms. The standard InChI is InChI=1S/C18H25N5O4/c1-18(2,3)27-17(25)23-10-9-14(15(11-23)21-22-19)20-16(24)26-12-13-7-5-4-6-8-13/h4-8,14-15H,9-12H2,1-3H3,(H,20,24)/t14-,15?/m1/s1. The molecule has 1 heterocycles. The van der Waals surface area contributed by atoms with Crippen LogP contribution in [0.5, 0.6) is 0 Å². The molecule has 1 saturated heterocycles. The Kier molecular flexibility index (Phi) is 6.90. The van der Waals surface area contributed by atoms with Gasteiger partial charge in [-0.25, -0.2) is 9.59 Å². The van der Waals surface area contributed by atoms with Crippen molar-refractivity contribution in [3.05, 3.63) is 46.3 Å². The monoisotopic (exact) mass is 375 g/mol. The van der Waals surface area contributed by atoms with E-state index < -0.39 is 29.9 Å². The highest BCUT2D eigenvalue weighted by atomic mass is 16.6. The molecule has 2 amide bonds. The number of carbonyl (C=O) groups excluding carboxylic acids is 2. The second kappa shape index (κ2) is 9.14. The van der Waals surface area contributed by atoms with Crippen LogP contribution in [0.25, 0.3) is 10.4 Å². The molecule has 1 fully saturated rings. The van der Waals surface area contributed by atoms with Crippen molar-refractivity contribution < 1.29 is 19.1 Å². The summed E-state index contributed by atoms with van der Waals surface area (Å²) in [6, 6.07) is 8.31. The highest BCUT2D eigenvalue weighted by Crippen LogP contribution is 2.18. The van der Waals surface area contributed by atoms with Gasteiger partial charge in [0.2, 0.25) is 0 Å². The first-order valence-electron chi connectivity index (χ1n) is 8.78. The maximum atomic E-state index is 12.2. The molecule has 1 unspecified atom stereocenters. The van der Waals surface area contributed by atoms with Gasteiger partial charge in [0.25, 0.3) is 0 Å². The molecular weight excluding hydrogens is 350 g/mol. The van der Waals surface area contributed by atoms with Crippen molar-refractivity contribution in [2.75, 3.05) is 13.1 Å². The summed E-state index contributed by atoms with van der Waals surface area (Å²) in [6.45, 7) is 6.06. The number of likely N-dealkylation sites (tertiary alicyclic amines) is 1. The number of ether oxygens (including phenoxy) is 2. The average molecular weight is 375 g/mol. The number of rotatable bonds is 4. The van der Waals surface area contributed by atoms with Crippen molar-refractivity contribution in [1.82, 2.24) is 10.2 Å². The summed E-state index contributed by atoms with van der Waals surface area (Å²) in [5, 5.41) is 6.45.